The van der Waals surface area contributed by atoms with Gasteiger partial charge in [0.2, 0.25) is 0 Å². The lowest BCUT2D eigenvalue weighted by Crippen LogP contribution is -2.41. The Balaban J connectivity index is 1.99. The quantitative estimate of drug-likeness (QED) is 0.894. The van der Waals surface area contributed by atoms with Crippen LogP contribution in [0.1, 0.15) is 30.0 Å². The first-order valence-electron chi connectivity index (χ1n) is 7.64. The van der Waals surface area contributed by atoms with Crippen LogP contribution < -0.4 is 5.73 Å². The molecule has 0 bridgehead atoms. The van der Waals surface area contributed by atoms with E-state index < -0.39 is 0 Å². The molecule has 22 heavy (non-hydrogen) atoms. The zero-order chi connectivity index (χ0) is 15.5. The van der Waals surface area contributed by atoms with Crippen LogP contribution in [0.4, 0.5) is 0 Å². The lowest BCUT2D eigenvalue weighted by molar-refractivity contribution is 0.175. The topological polar surface area (TPSA) is 29.3 Å². The van der Waals surface area contributed by atoms with Crippen LogP contribution in [0, 0.1) is 0 Å². The first kappa shape index (κ1) is 15.8. The van der Waals surface area contributed by atoms with Crippen molar-refractivity contribution >= 4 is 23.2 Å². The molecule has 0 aliphatic carbocycles. The molecule has 2 aromatic rings. The molecule has 1 unspecified atom stereocenters. The van der Waals surface area contributed by atoms with Crippen LogP contribution in [0.25, 0.3) is 0 Å². The van der Waals surface area contributed by atoms with Gasteiger partial charge in [-0.05, 0) is 42.2 Å². The van der Waals surface area contributed by atoms with Gasteiger partial charge in [-0.3, -0.25) is 4.90 Å². The van der Waals surface area contributed by atoms with E-state index in [2.05, 4.69) is 29.2 Å². The Morgan fingerprint density at radius 3 is 2.09 bits per heavy atom. The van der Waals surface area contributed by atoms with Gasteiger partial charge in [-0.2, -0.15) is 0 Å². The molecule has 1 aliphatic rings. The van der Waals surface area contributed by atoms with Crippen LogP contribution in [0.3, 0.4) is 0 Å². The van der Waals surface area contributed by atoms with Gasteiger partial charge in [0.15, 0.2) is 0 Å². The summed E-state index contributed by atoms with van der Waals surface area (Å²) < 4.78 is 0. The predicted octanol–water partition coefficient (Wildman–Crippen LogP) is 4.51. The van der Waals surface area contributed by atoms with Crippen molar-refractivity contribution in [1.29, 1.82) is 0 Å². The van der Waals surface area contributed by atoms with Crippen molar-refractivity contribution in [2.24, 2.45) is 5.73 Å². The van der Waals surface area contributed by atoms with Crippen molar-refractivity contribution in [3.05, 3.63) is 69.7 Å². The maximum Gasteiger partial charge on any atom is 0.0602 e. The van der Waals surface area contributed by atoms with Crippen LogP contribution in [-0.4, -0.2) is 24.0 Å². The van der Waals surface area contributed by atoms with E-state index in [4.69, 9.17) is 28.9 Å². The number of nitrogens with zero attached hydrogens (tertiary/aromatic N) is 1. The Morgan fingerprint density at radius 1 is 0.909 bits per heavy atom. The molecule has 1 atom stereocenters. The summed E-state index contributed by atoms with van der Waals surface area (Å²) in [4.78, 5) is 2.47. The van der Waals surface area contributed by atoms with Crippen molar-refractivity contribution in [3.8, 4) is 0 Å². The van der Waals surface area contributed by atoms with Gasteiger partial charge in [0.1, 0.15) is 0 Å². The highest BCUT2D eigenvalue weighted by atomic mass is 35.5. The lowest BCUT2D eigenvalue weighted by atomic mass is 9.94. The molecule has 2 nitrogen and oxygen atoms in total. The van der Waals surface area contributed by atoms with E-state index in [0.29, 0.717) is 16.1 Å². The number of benzene rings is 2. The molecule has 1 saturated heterocycles. The highest BCUT2D eigenvalue weighted by Gasteiger charge is 2.26. The van der Waals surface area contributed by atoms with Crippen LogP contribution in [0.15, 0.2) is 48.5 Å². The fourth-order valence-corrected chi connectivity index (χ4v) is 3.70. The van der Waals surface area contributed by atoms with E-state index in [1.165, 1.54) is 5.56 Å². The van der Waals surface area contributed by atoms with E-state index in [1.807, 2.05) is 18.2 Å². The molecule has 1 aliphatic heterocycles. The first-order chi connectivity index (χ1) is 10.6. The minimum absolute atomic E-state index is 0.171. The third-order valence-corrected chi connectivity index (χ3v) is 4.69. The van der Waals surface area contributed by atoms with Crippen molar-refractivity contribution in [2.45, 2.75) is 24.9 Å². The molecule has 4 heteroatoms. The average Bonchev–Trinajstić information content (AvgIpc) is 2.50. The van der Waals surface area contributed by atoms with Crippen molar-refractivity contribution in [3.63, 3.8) is 0 Å². The van der Waals surface area contributed by atoms with Crippen LogP contribution in [0.5, 0.6) is 0 Å². The van der Waals surface area contributed by atoms with E-state index >= 15 is 0 Å². The molecular formula is C18H20Cl2N2. The SMILES string of the molecule is NC1CCN(C(c2ccccc2)c2cc(Cl)cc(Cl)c2)CC1. The first-order valence-corrected chi connectivity index (χ1v) is 8.39. The summed E-state index contributed by atoms with van der Waals surface area (Å²) in [6.07, 6.45) is 2.05. The largest absolute Gasteiger partial charge is 0.328 e. The second kappa shape index (κ2) is 7.01. The molecule has 0 amide bonds. The minimum Gasteiger partial charge on any atom is -0.328 e. The molecule has 2 aromatic carbocycles. The van der Waals surface area contributed by atoms with Crippen molar-refractivity contribution in [1.82, 2.24) is 4.90 Å². The van der Waals surface area contributed by atoms with Crippen LogP contribution >= 0.6 is 23.2 Å². The third kappa shape index (κ3) is 3.64. The van der Waals surface area contributed by atoms with Crippen LogP contribution in [-0.2, 0) is 0 Å². The summed E-state index contributed by atoms with van der Waals surface area (Å²) in [5, 5.41) is 1.36. The molecule has 2 N–H and O–H groups in total. The van der Waals surface area contributed by atoms with Crippen molar-refractivity contribution < 1.29 is 0 Å². The van der Waals surface area contributed by atoms with Gasteiger partial charge >= 0.3 is 0 Å². The molecule has 3 rings (SSSR count). The number of hydrogen-bond acceptors (Lipinski definition) is 2. The molecule has 0 radical (unpaired) electrons. The van der Waals surface area contributed by atoms with Gasteiger partial charge in [-0.1, -0.05) is 53.5 Å². The number of likely N-dealkylation sites (tertiary alicyclic amines) is 1. The van der Waals surface area contributed by atoms with Gasteiger partial charge in [-0.25, -0.2) is 0 Å². The minimum atomic E-state index is 0.171. The molecular weight excluding hydrogens is 315 g/mol. The number of piperidine rings is 1. The Hall–Kier alpha value is -1.06. The Labute approximate surface area is 141 Å². The third-order valence-electron chi connectivity index (χ3n) is 4.26. The standard InChI is InChI=1S/C18H20Cl2N2/c19-15-10-14(11-16(20)12-15)18(13-4-2-1-3-5-13)22-8-6-17(21)7-9-22/h1-5,10-12,17-18H,6-9,21H2. The summed E-state index contributed by atoms with van der Waals surface area (Å²) in [7, 11) is 0. The Morgan fingerprint density at radius 2 is 1.50 bits per heavy atom. The number of halogens is 2. The highest BCUT2D eigenvalue weighted by molar-refractivity contribution is 6.34. The maximum absolute atomic E-state index is 6.22. The second-order valence-electron chi connectivity index (χ2n) is 5.89. The predicted molar refractivity (Wildman–Crippen MR) is 93.5 cm³/mol. The van der Waals surface area contributed by atoms with Gasteiger partial charge in [0.05, 0.1) is 6.04 Å². The summed E-state index contributed by atoms with van der Waals surface area (Å²) in [6.45, 7) is 1.98. The molecule has 1 heterocycles. The lowest BCUT2D eigenvalue weighted by Gasteiger charge is -2.37. The van der Waals surface area contributed by atoms with E-state index in [0.717, 1.165) is 31.5 Å². The smallest absolute Gasteiger partial charge is 0.0602 e. The molecule has 116 valence electrons. The highest BCUT2D eigenvalue weighted by Crippen LogP contribution is 2.33. The number of rotatable bonds is 3. The fourth-order valence-electron chi connectivity index (χ4n) is 3.16. The summed E-state index contributed by atoms with van der Waals surface area (Å²) in [6, 6.07) is 16.8. The summed E-state index contributed by atoms with van der Waals surface area (Å²) >= 11 is 12.4. The van der Waals surface area contributed by atoms with E-state index in [9.17, 15) is 0 Å². The Kier molecular flexibility index (Phi) is 5.04. The zero-order valence-corrected chi connectivity index (χ0v) is 13.9. The van der Waals surface area contributed by atoms with E-state index in [-0.39, 0.29) is 6.04 Å². The summed E-state index contributed by atoms with van der Waals surface area (Å²) in [5.74, 6) is 0. The molecule has 1 fully saturated rings. The number of hydrogen-bond donors (Lipinski definition) is 1. The van der Waals surface area contributed by atoms with Gasteiger partial charge in [0, 0.05) is 29.2 Å². The monoisotopic (exact) mass is 334 g/mol. The van der Waals surface area contributed by atoms with E-state index in [1.54, 1.807) is 6.07 Å². The molecule has 0 saturated carbocycles. The fraction of sp³-hybridized carbons (Fsp3) is 0.333. The zero-order valence-electron chi connectivity index (χ0n) is 12.4. The van der Waals surface area contributed by atoms with Crippen molar-refractivity contribution in [2.75, 3.05) is 13.1 Å². The average molecular weight is 335 g/mol. The van der Waals surface area contributed by atoms with Gasteiger partial charge in [-0.15, -0.1) is 0 Å². The molecule has 0 spiro atoms. The maximum atomic E-state index is 6.22. The summed E-state index contributed by atoms with van der Waals surface area (Å²) in [5.41, 5.74) is 8.45. The normalized spacial score (nSPS) is 18.3. The van der Waals surface area contributed by atoms with Gasteiger partial charge in [0.25, 0.3) is 0 Å². The number of nitrogens with two attached hydrogens (primary N) is 1. The molecule has 0 aromatic heterocycles. The van der Waals surface area contributed by atoms with Crippen LogP contribution in [0.2, 0.25) is 10.0 Å². The van der Waals surface area contributed by atoms with Gasteiger partial charge < -0.3 is 5.73 Å². The Bertz CT molecular complexity index is 602. The second-order valence-corrected chi connectivity index (χ2v) is 6.76.